The van der Waals surface area contributed by atoms with E-state index in [1.807, 2.05) is 0 Å². The van der Waals surface area contributed by atoms with Gasteiger partial charge in [-0.25, -0.2) is 9.78 Å². The van der Waals surface area contributed by atoms with E-state index in [9.17, 15) is 4.79 Å². The molecule has 5 heteroatoms. The SMILES string of the molecule is O=C(O)C(O)c1csc(C2CC2)n1. The summed E-state index contributed by atoms with van der Waals surface area (Å²) < 4.78 is 0. The molecule has 1 unspecified atom stereocenters. The van der Waals surface area contributed by atoms with Crippen molar-refractivity contribution in [3.63, 3.8) is 0 Å². The van der Waals surface area contributed by atoms with Gasteiger partial charge in [-0.1, -0.05) is 0 Å². The van der Waals surface area contributed by atoms with Crippen molar-refractivity contribution in [2.24, 2.45) is 0 Å². The zero-order chi connectivity index (χ0) is 9.42. The van der Waals surface area contributed by atoms with Crippen molar-refractivity contribution in [3.05, 3.63) is 16.1 Å². The van der Waals surface area contributed by atoms with Gasteiger partial charge < -0.3 is 10.2 Å². The molecule has 13 heavy (non-hydrogen) atoms. The number of carboxylic acid groups (broad SMARTS) is 1. The number of rotatable bonds is 3. The van der Waals surface area contributed by atoms with Gasteiger partial charge in [0.1, 0.15) is 0 Å². The van der Waals surface area contributed by atoms with Crippen molar-refractivity contribution in [1.82, 2.24) is 4.98 Å². The molecule has 2 rings (SSSR count). The van der Waals surface area contributed by atoms with E-state index in [-0.39, 0.29) is 5.69 Å². The van der Waals surface area contributed by atoms with Gasteiger partial charge in [0.05, 0.1) is 10.7 Å². The molecule has 0 spiro atoms. The fourth-order valence-corrected chi connectivity index (χ4v) is 2.08. The molecule has 1 fully saturated rings. The van der Waals surface area contributed by atoms with Crippen molar-refractivity contribution in [1.29, 1.82) is 0 Å². The zero-order valence-electron chi connectivity index (χ0n) is 6.80. The monoisotopic (exact) mass is 199 g/mol. The molecular weight excluding hydrogens is 190 g/mol. The van der Waals surface area contributed by atoms with Crippen LogP contribution in [0.5, 0.6) is 0 Å². The van der Waals surface area contributed by atoms with Gasteiger partial charge in [0, 0.05) is 11.3 Å². The summed E-state index contributed by atoms with van der Waals surface area (Å²) in [6.07, 6.45) is 0.801. The number of aromatic nitrogens is 1. The Kier molecular flexibility index (Phi) is 2.05. The number of hydrogen-bond donors (Lipinski definition) is 2. The second-order valence-corrected chi connectivity index (χ2v) is 4.02. The van der Waals surface area contributed by atoms with E-state index in [4.69, 9.17) is 10.2 Å². The third-order valence-corrected chi connectivity index (χ3v) is 3.01. The maximum absolute atomic E-state index is 10.4. The summed E-state index contributed by atoms with van der Waals surface area (Å²) in [5, 5.41) is 20.2. The van der Waals surface area contributed by atoms with Crippen LogP contribution in [-0.2, 0) is 4.79 Å². The lowest BCUT2D eigenvalue weighted by molar-refractivity contribution is -0.147. The molecule has 0 bridgehead atoms. The van der Waals surface area contributed by atoms with E-state index in [2.05, 4.69) is 4.98 Å². The molecular formula is C8H9NO3S. The molecule has 0 amide bonds. The number of nitrogens with zero attached hydrogens (tertiary/aromatic N) is 1. The van der Waals surface area contributed by atoms with E-state index < -0.39 is 12.1 Å². The Hall–Kier alpha value is -0.940. The van der Waals surface area contributed by atoms with Crippen LogP contribution in [-0.4, -0.2) is 21.2 Å². The van der Waals surface area contributed by atoms with Crippen molar-refractivity contribution >= 4 is 17.3 Å². The molecule has 70 valence electrons. The first kappa shape index (κ1) is 8.65. The van der Waals surface area contributed by atoms with Crippen LogP contribution in [0.1, 0.15) is 35.6 Å². The molecule has 1 saturated carbocycles. The molecule has 1 aromatic heterocycles. The lowest BCUT2D eigenvalue weighted by Crippen LogP contribution is -2.10. The standard InChI is InChI=1S/C8H9NO3S/c10-6(8(11)12)5-3-13-7(9-5)4-1-2-4/h3-4,6,10H,1-2H2,(H,11,12). The van der Waals surface area contributed by atoms with Gasteiger partial charge in [-0.2, -0.15) is 0 Å². The summed E-state index contributed by atoms with van der Waals surface area (Å²) in [4.78, 5) is 14.5. The molecule has 1 heterocycles. The first-order chi connectivity index (χ1) is 6.18. The van der Waals surface area contributed by atoms with Crippen LogP contribution < -0.4 is 0 Å². The number of aliphatic hydroxyl groups is 1. The third-order valence-electron chi connectivity index (χ3n) is 1.98. The van der Waals surface area contributed by atoms with E-state index in [1.165, 1.54) is 11.3 Å². The van der Waals surface area contributed by atoms with Crippen molar-refractivity contribution in [2.45, 2.75) is 24.9 Å². The molecule has 0 aliphatic heterocycles. The van der Waals surface area contributed by atoms with E-state index in [0.717, 1.165) is 17.8 Å². The maximum Gasteiger partial charge on any atom is 0.338 e. The fourth-order valence-electron chi connectivity index (χ4n) is 1.07. The molecule has 2 N–H and O–H groups in total. The van der Waals surface area contributed by atoms with Crippen molar-refractivity contribution in [3.8, 4) is 0 Å². The largest absolute Gasteiger partial charge is 0.479 e. The van der Waals surface area contributed by atoms with Gasteiger partial charge in [0.15, 0.2) is 6.10 Å². The quantitative estimate of drug-likeness (QED) is 0.765. The molecule has 0 radical (unpaired) electrons. The number of thiazole rings is 1. The first-order valence-corrected chi connectivity index (χ1v) is 4.92. The second-order valence-electron chi connectivity index (χ2n) is 3.13. The minimum atomic E-state index is -1.47. The number of hydrogen-bond acceptors (Lipinski definition) is 4. The predicted molar refractivity (Wildman–Crippen MR) is 46.7 cm³/mol. The average Bonchev–Trinajstić information content (AvgIpc) is 2.83. The Labute approximate surface area is 78.9 Å². The number of aliphatic hydroxyl groups excluding tert-OH is 1. The lowest BCUT2D eigenvalue weighted by Gasteiger charge is -1.98. The molecule has 0 aromatic carbocycles. The summed E-state index contributed by atoms with van der Waals surface area (Å²) in [5.74, 6) is -0.729. The van der Waals surface area contributed by atoms with Gasteiger partial charge in [-0.15, -0.1) is 11.3 Å². The maximum atomic E-state index is 10.4. The predicted octanol–water partition coefficient (Wildman–Crippen LogP) is 1.14. The van der Waals surface area contributed by atoms with Gasteiger partial charge in [-0.05, 0) is 12.8 Å². The van der Waals surface area contributed by atoms with Crippen LogP contribution in [0, 0.1) is 0 Å². The summed E-state index contributed by atoms with van der Waals surface area (Å²) >= 11 is 1.43. The highest BCUT2D eigenvalue weighted by atomic mass is 32.1. The molecule has 1 atom stereocenters. The highest BCUT2D eigenvalue weighted by molar-refractivity contribution is 7.09. The van der Waals surface area contributed by atoms with Crippen LogP contribution in [0.3, 0.4) is 0 Å². The second kappa shape index (κ2) is 3.08. The summed E-state index contributed by atoms with van der Waals surface area (Å²) in [6.45, 7) is 0. The minimum absolute atomic E-state index is 0.263. The minimum Gasteiger partial charge on any atom is -0.479 e. The van der Waals surface area contributed by atoms with Gasteiger partial charge in [-0.3, -0.25) is 0 Å². The topological polar surface area (TPSA) is 70.4 Å². The van der Waals surface area contributed by atoms with Gasteiger partial charge in [0.2, 0.25) is 0 Å². The average molecular weight is 199 g/mol. The molecule has 1 aromatic rings. The Balaban J connectivity index is 2.16. The molecule has 0 saturated heterocycles. The third kappa shape index (κ3) is 1.71. The highest BCUT2D eigenvalue weighted by Gasteiger charge is 2.28. The van der Waals surface area contributed by atoms with Crippen molar-refractivity contribution in [2.75, 3.05) is 0 Å². The Morgan fingerprint density at radius 3 is 2.92 bits per heavy atom. The van der Waals surface area contributed by atoms with E-state index >= 15 is 0 Å². The van der Waals surface area contributed by atoms with E-state index in [0.29, 0.717) is 5.92 Å². The van der Waals surface area contributed by atoms with Crippen LogP contribution in [0.15, 0.2) is 5.38 Å². The van der Waals surface area contributed by atoms with Crippen LogP contribution in [0.4, 0.5) is 0 Å². The highest BCUT2D eigenvalue weighted by Crippen LogP contribution is 2.41. The zero-order valence-corrected chi connectivity index (χ0v) is 7.62. The summed E-state index contributed by atoms with van der Waals surface area (Å²) in [6, 6.07) is 0. The van der Waals surface area contributed by atoms with E-state index in [1.54, 1.807) is 5.38 Å². The number of carbonyl (C=O) groups is 1. The lowest BCUT2D eigenvalue weighted by atomic mass is 10.3. The van der Waals surface area contributed by atoms with Crippen LogP contribution >= 0.6 is 11.3 Å². The Morgan fingerprint density at radius 1 is 1.69 bits per heavy atom. The van der Waals surface area contributed by atoms with Gasteiger partial charge in [0.25, 0.3) is 0 Å². The van der Waals surface area contributed by atoms with Crippen LogP contribution in [0.2, 0.25) is 0 Å². The smallest absolute Gasteiger partial charge is 0.338 e. The summed E-state index contributed by atoms with van der Waals surface area (Å²) in [7, 11) is 0. The van der Waals surface area contributed by atoms with Crippen LogP contribution in [0.25, 0.3) is 0 Å². The van der Waals surface area contributed by atoms with Crippen molar-refractivity contribution < 1.29 is 15.0 Å². The Morgan fingerprint density at radius 2 is 2.38 bits per heavy atom. The Bertz CT molecular complexity index is 332. The fraction of sp³-hybridized carbons (Fsp3) is 0.500. The first-order valence-electron chi connectivity index (χ1n) is 4.04. The summed E-state index contributed by atoms with van der Waals surface area (Å²) in [5.41, 5.74) is 0.263. The molecule has 4 nitrogen and oxygen atoms in total. The van der Waals surface area contributed by atoms with Gasteiger partial charge >= 0.3 is 5.97 Å². The number of aliphatic carboxylic acids is 1. The normalized spacial score (nSPS) is 18.5. The molecule has 1 aliphatic rings. The number of carboxylic acids is 1. The molecule has 1 aliphatic carbocycles.